The maximum atomic E-state index is 10.5. The zero-order valence-electron chi connectivity index (χ0n) is 5.57. The highest BCUT2D eigenvalue weighted by molar-refractivity contribution is 5.74. The van der Waals surface area contributed by atoms with E-state index >= 15 is 0 Å². The van der Waals surface area contributed by atoms with Crippen LogP contribution in [0.25, 0.3) is 0 Å². The van der Waals surface area contributed by atoms with E-state index in [4.69, 9.17) is 9.84 Å². The highest BCUT2D eigenvalue weighted by Gasteiger charge is 2.55. The number of epoxide rings is 1. The van der Waals surface area contributed by atoms with Gasteiger partial charge in [0.1, 0.15) is 18.4 Å². The van der Waals surface area contributed by atoms with Crippen molar-refractivity contribution in [1.82, 2.24) is 5.32 Å². The number of carbonyl (C=O) groups is 1. The van der Waals surface area contributed by atoms with Crippen LogP contribution in [0.5, 0.6) is 0 Å². The molecule has 0 aromatic carbocycles. The standard InChI is InChI=1S/C6H9NO3/c1-2-3(6(8)9)7-5-4(2)10-5/h2-5,7H,1H3,(H,8,9). The van der Waals surface area contributed by atoms with E-state index < -0.39 is 12.0 Å². The zero-order chi connectivity index (χ0) is 7.30. The SMILES string of the molecule is CC1C(C(=O)O)NC2OC21. The summed E-state index contributed by atoms with van der Waals surface area (Å²) in [6, 6.07) is -0.399. The van der Waals surface area contributed by atoms with Crippen LogP contribution in [-0.4, -0.2) is 29.4 Å². The van der Waals surface area contributed by atoms with Crippen molar-refractivity contribution in [2.24, 2.45) is 5.92 Å². The molecule has 0 aliphatic carbocycles. The summed E-state index contributed by atoms with van der Waals surface area (Å²) >= 11 is 0. The molecule has 4 heteroatoms. The van der Waals surface area contributed by atoms with Crippen molar-refractivity contribution in [3.8, 4) is 0 Å². The number of aliphatic carboxylic acids is 1. The van der Waals surface area contributed by atoms with Crippen LogP contribution in [0.15, 0.2) is 0 Å². The number of rotatable bonds is 1. The smallest absolute Gasteiger partial charge is 0.321 e. The lowest BCUT2D eigenvalue weighted by Gasteiger charge is -2.12. The fraction of sp³-hybridized carbons (Fsp3) is 0.833. The van der Waals surface area contributed by atoms with Gasteiger partial charge in [-0.15, -0.1) is 0 Å². The van der Waals surface area contributed by atoms with E-state index in [0.29, 0.717) is 0 Å². The van der Waals surface area contributed by atoms with Crippen molar-refractivity contribution in [2.75, 3.05) is 0 Å². The number of fused-ring (bicyclic) bond motifs is 1. The van der Waals surface area contributed by atoms with Gasteiger partial charge >= 0.3 is 5.97 Å². The minimum Gasteiger partial charge on any atom is -0.480 e. The minimum absolute atomic E-state index is 0.0242. The van der Waals surface area contributed by atoms with Crippen LogP contribution >= 0.6 is 0 Å². The van der Waals surface area contributed by atoms with Gasteiger partial charge in [-0.2, -0.15) is 0 Å². The van der Waals surface area contributed by atoms with Gasteiger partial charge in [-0.25, -0.2) is 0 Å². The van der Waals surface area contributed by atoms with E-state index in [2.05, 4.69) is 5.32 Å². The van der Waals surface area contributed by atoms with Crippen molar-refractivity contribution < 1.29 is 14.6 Å². The van der Waals surface area contributed by atoms with Gasteiger partial charge in [-0.05, 0) is 0 Å². The van der Waals surface area contributed by atoms with E-state index in [1.54, 1.807) is 0 Å². The summed E-state index contributed by atoms with van der Waals surface area (Å²) in [5.74, 6) is -0.661. The van der Waals surface area contributed by atoms with Crippen molar-refractivity contribution in [3.05, 3.63) is 0 Å². The molecule has 0 spiro atoms. The van der Waals surface area contributed by atoms with Gasteiger partial charge in [0.25, 0.3) is 0 Å². The maximum absolute atomic E-state index is 10.5. The maximum Gasteiger partial charge on any atom is 0.321 e. The predicted molar refractivity (Wildman–Crippen MR) is 32.4 cm³/mol. The fourth-order valence-corrected chi connectivity index (χ4v) is 1.47. The second-order valence-corrected chi connectivity index (χ2v) is 2.86. The molecule has 4 nitrogen and oxygen atoms in total. The van der Waals surface area contributed by atoms with Crippen LogP contribution in [0.1, 0.15) is 6.92 Å². The molecule has 10 heavy (non-hydrogen) atoms. The Hall–Kier alpha value is -0.610. The molecule has 0 aromatic rings. The number of nitrogens with one attached hydrogen (secondary N) is 1. The Labute approximate surface area is 58.2 Å². The zero-order valence-corrected chi connectivity index (χ0v) is 5.57. The normalized spacial score (nSPS) is 50.5. The van der Waals surface area contributed by atoms with Crippen LogP contribution in [0.4, 0.5) is 0 Å². The molecule has 2 aliphatic heterocycles. The second-order valence-electron chi connectivity index (χ2n) is 2.86. The molecule has 0 radical (unpaired) electrons. The first-order chi connectivity index (χ1) is 4.70. The molecule has 4 atom stereocenters. The molecule has 2 fully saturated rings. The van der Waals surface area contributed by atoms with E-state index in [0.717, 1.165) is 0 Å². The Balaban J connectivity index is 2.07. The first-order valence-corrected chi connectivity index (χ1v) is 3.34. The summed E-state index contributed by atoms with van der Waals surface area (Å²) in [4.78, 5) is 10.5. The largest absolute Gasteiger partial charge is 0.480 e. The third-order valence-corrected chi connectivity index (χ3v) is 2.18. The van der Waals surface area contributed by atoms with Crippen LogP contribution < -0.4 is 5.32 Å². The predicted octanol–water partition coefficient (Wildman–Crippen LogP) is -0.596. The Morgan fingerprint density at radius 1 is 1.70 bits per heavy atom. The summed E-state index contributed by atoms with van der Waals surface area (Å²) in [5.41, 5.74) is 0. The molecule has 0 aromatic heterocycles. The molecule has 2 aliphatic rings. The van der Waals surface area contributed by atoms with Gasteiger partial charge in [0.2, 0.25) is 0 Å². The summed E-state index contributed by atoms with van der Waals surface area (Å²) in [6.07, 6.45) is 0.178. The van der Waals surface area contributed by atoms with Gasteiger partial charge < -0.3 is 9.84 Å². The van der Waals surface area contributed by atoms with Crippen LogP contribution in [0, 0.1) is 5.92 Å². The molecule has 2 saturated heterocycles. The van der Waals surface area contributed by atoms with Crippen molar-refractivity contribution in [3.63, 3.8) is 0 Å². The Kier molecular flexibility index (Phi) is 1.04. The molecule has 0 bridgehead atoms. The van der Waals surface area contributed by atoms with Crippen molar-refractivity contribution in [2.45, 2.75) is 25.3 Å². The van der Waals surface area contributed by atoms with E-state index in [1.807, 2.05) is 6.92 Å². The lowest BCUT2D eigenvalue weighted by atomic mass is 10.0. The molecule has 2 heterocycles. The van der Waals surface area contributed by atoms with Gasteiger partial charge in [-0.1, -0.05) is 6.92 Å². The van der Waals surface area contributed by atoms with Gasteiger partial charge in [0.15, 0.2) is 0 Å². The van der Waals surface area contributed by atoms with Crippen molar-refractivity contribution in [1.29, 1.82) is 0 Å². The Morgan fingerprint density at radius 2 is 2.40 bits per heavy atom. The van der Waals surface area contributed by atoms with E-state index in [1.165, 1.54) is 0 Å². The molecule has 2 rings (SSSR count). The molecule has 0 amide bonds. The van der Waals surface area contributed by atoms with Gasteiger partial charge in [0.05, 0.1) is 0 Å². The third-order valence-electron chi connectivity index (χ3n) is 2.18. The minimum atomic E-state index is -0.775. The first-order valence-electron chi connectivity index (χ1n) is 3.34. The van der Waals surface area contributed by atoms with Gasteiger partial charge in [0, 0.05) is 5.92 Å². The number of ether oxygens (including phenoxy) is 1. The quantitative estimate of drug-likeness (QED) is 0.481. The second kappa shape index (κ2) is 1.71. The molecular formula is C6H9NO3. The Morgan fingerprint density at radius 3 is 2.70 bits per heavy atom. The average Bonchev–Trinajstić information content (AvgIpc) is 2.54. The van der Waals surface area contributed by atoms with Crippen LogP contribution in [-0.2, 0) is 9.53 Å². The number of carboxylic acid groups (broad SMARTS) is 1. The molecular weight excluding hydrogens is 134 g/mol. The summed E-state index contributed by atoms with van der Waals surface area (Å²) in [6.45, 7) is 1.89. The van der Waals surface area contributed by atoms with Gasteiger partial charge in [-0.3, -0.25) is 10.1 Å². The van der Waals surface area contributed by atoms with Crippen molar-refractivity contribution >= 4 is 5.97 Å². The number of hydrogen-bond acceptors (Lipinski definition) is 3. The average molecular weight is 143 g/mol. The monoisotopic (exact) mass is 143 g/mol. The number of hydrogen-bond donors (Lipinski definition) is 2. The van der Waals surface area contributed by atoms with E-state index in [9.17, 15) is 4.79 Å². The van der Waals surface area contributed by atoms with Crippen LogP contribution in [0.3, 0.4) is 0 Å². The molecule has 2 N–H and O–H groups in total. The highest BCUT2D eigenvalue weighted by Crippen LogP contribution is 2.36. The lowest BCUT2D eigenvalue weighted by molar-refractivity contribution is -0.141. The summed E-state index contributed by atoms with van der Waals surface area (Å²) in [7, 11) is 0. The Bertz CT molecular complexity index is 182. The third kappa shape index (κ3) is 0.660. The molecule has 4 unspecified atom stereocenters. The summed E-state index contributed by atoms with van der Waals surface area (Å²) in [5, 5.41) is 11.5. The highest BCUT2D eigenvalue weighted by atomic mass is 16.6. The first kappa shape index (κ1) is 6.12. The lowest BCUT2D eigenvalue weighted by Crippen LogP contribution is -2.38. The number of carboxylic acids is 1. The molecule has 0 saturated carbocycles. The topological polar surface area (TPSA) is 61.9 Å². The summed E-state index contributed by atoms with van der Waals surface area (Å²) < 4.78 is 5.07. The fourth-order valence-electron chi connectivity index (χ4n) is 1.47. The van der Waals surface area contributed by atoms with Crippen LogP contribution in [0.2, 0.25) is 0 Å². The van der Waals surface area contributed by atoms with E-state index in [-0.39, 0.29) is 18.2 Å². The molecule has 56 valence electrons.